The van der Waals surface area contributed by atoms with Gasteiger partial charge in [-0.15, -0.1) is 11.3 Å². The zero-order chi connectivity index (χ0) is 12.4. The van der Waals surface area contributed by atoms with Gasteiger partial charge in [-0.25, -0.2) is 4.98 Å². The molecule has 1 atom stereocenters. The Morgan fingerprint density at radius 3 is 2.88 bits per heavy atom. The van der Waals surface area contributed by atoms with Crippen molar-refractivity contribution in [2.24, 2.45) is 0 Å². The summed E-state index contributed by atoms with van der Waals surface area (Å²) in [7, 11) is 0. The molecular formula is C12H11ClINOS. The van der Waals surface area contributed by atoms with E-state index in [1.54, 1.807) is 11.3 Å². The van der Waals surface area contributed by atoms with Crippen LogP contribution in [0.3, 0.4) is 0 Å². The molecule has 0 spiro atoms. The Labute approximate surface area is 123 Å². The van der Waals surface area contributed by atoms with Crippen molar-refractivity contribution in [2.45, 2.75) is 19.4 Å². The van der Waals surface area contributed by atoms with Crippen LogP contribution in [0.1, 0.15) is 22.4 Å². The first kappa shape index (κ1) is 13.3. The average molecular weight is 380 g/mol. The molecule has 0 radical (unpaired) electrons. The molecule has 0 saturated heterocycles. The number of hydrogen-bond donors (Lipinski definition) is 1. The topological polar surface area (TPSA) is 33.1 Å². The van der Waals surface area contributed by atoms with E-state index in [0.29, 0.717) is 11.4 Å². The second kappa shape index (κ2) is 5.65. The van der Waals surface area contributed by atoms with Crippen LogP contribution in [0.4, 0.5) is 0 Å². The van der Waals surface area contributed by atoms with Crippen LogP contribution < -0.4 is 0 Å². The first-order chi connectivity index (χ1) is 8.06. The fraction of sp³-hybridized carbons (Fsp3) is 0.250. The Hall–Kier alpha value is -0.170. The lowest BCUT2D eigenvalue weighted by Crippen LogP contribution is -2.01. The molecule has 0 bridgehead atoms. The van der Waals surface area contributed by atoms with Crippen LogP contribution >= 0.6 is 45.5 Å². The minimum absolute atomic E-state index is 0.537. The molecule has 0 saturated carbocycles. The second-order valence-corrected chi connectivity index (χ2v) is 6.29. The number of thiazole rings is 1. The summed E-state index contributed by atoms with van der Waals surface area (Å²) in [6.45, 7) is 1.95. The largest absolute Gasteiger partial charge is 0.388 e. The molecule has 2 aromatic rings. The Morgan fingerprint density at radius 2 is 2.29 bits per heavy atom. The third-order valence-corrected chi connectivity index (χ3v) is 4.92. The molecule has 0 fully saturated rings. The van der Waals surface area contributed by atoms with Crippen LogP contribution in [0.2, 0.25) is 5.02 Å². The molecule has 90 valence electrons. The normalized spacial score (nSPS) is 12.7. The maximum atomic E-state index is 10.1. The molecule has 1 aromatic carbocycles. The van der Waals surface area contributed by atoms with Crippen LogP contribution in [-0.4, -0.2) is 10.1 Å². The molecule has 1 N–H and O–H groups in total. The van der Waals surface area contributed by atoms with Crippen molar-refractivity contribution < 1.29 is 5.11 Å². The van der Waals surface area contributed by atoms with Crippen LogP contribution in [0, 0.1) is 10.5 Å². The molecule has 0 aliphatic heterocycles. The highest BCUT2D eigenvalue weighted by Gasteiger charge is 2.12. The highest BCUT2D eigenvalue weighted by molar-refractivity contribution is 14.1. The number of halogens is 2. The third-order valence-electron chi connectivity index (χ3n) is 2.36. The Balaban J connectivity index is 2.14. The van der Waals surface area contributed by atoms with Gasteiger partial charge in [0.15, 0.2) is 0 Å². The molecule has 5 heteroatoms. The summed E-state index contributed by atoms with van der Waals surface area (Å²) in [4.78, 5) is 4.34. The van der Waals surface area contributed by atoms with Gasteiger partial charge >= 0.3 is 0 Å². The van der Waals surface area contributed by atoms with Crippen molar-refractivity contribution in [3.63, 3.8) is 0 Å². The van der Waals surface area contributed by atoms with Crippen molar-refractivity contribution in [3.8, 4) is 0 Å². The van der Waals surface area contributed by atoms with Gasteiger partial charge in [0.1, 0.15) is 0 Å². The molecule has 1 unspecified atom stereocenters. The fourth-order valence-electron chi connectivity index (χ4n) is 1.50. The lowest BCUT2D eigenvalue weighted by atomic mass is 10.1. The maximum absolute atomic E-state index is 10.1. The summed E-state index contributed by atoms with van der Waals surface area (Å²) in [5.74, 6) is 0. The summed E-state index contributed by atoms with van der Waals surface area (Å²) in [5, 5.41) is 13.7. The zero-order valence-electron chi connectivity index (χ0n) is 9.15. The number of benzene rings is 1. The van der Waals surface area contributed by atoms with Crippen molar-refractivity contribution in [1.82, 2.24) is 4.98 Å². The Kier molecular flexibility index (Phi) is 4.41. The standard InChI is InChI=1S/C12H11ClINOS/c1-7-6-17-12(15-7)5-11(16)8-2-3-10(14)9(13)4-8/h2-4,6,11,16H,5H2,1H3. The number of aliphatic hydroxyl groups is 1. The molecular weight excluding hydrogens is 369 g/mol. The number of aromatic nitrogens is 1. The van der Waals surface area contributed by atoms with E-state index in [1.807, 2.05) is 30.5 Å². The molecule has 0 aliphatic carbocycles. The predicted octanol–water partition coefficient (Wildman–Crippen LogP) is 3.99. The minimum atomic E-state index is -0.546. The van der Waals surface area contributed by atoms with E-state index < -0.39 is 6.10 Å². The van der Waals surface area contributed by atoms with Crippen LogP contribution in [-0.2, 0) is 6.42 Å². The fourth-order valence-corrected chi connectivity index (χ4v) is 2.83. The van der Waals surface area contributed by atoms with E-state index >= 15 is 0 Å². The number of aryl methyl sites for hydroxylation is 1. The second-order valence-electron chi connectivity index (χ2n) is 3.78. The molecule has 2 nitrogen and oxygen atoms in total. The van der Waals surface area contributed by atoms with Gasteiger partial charge in [0.25, 0.3) is 0 Å². The van der Waals surface area contributed by atoms with E-state index in [4.69, 9.17) is 11.6 Å². The predicted molar refractivity (Wildman–Crippen MR) is 79.7 cm³/mol. The summed E-state index contributed by atoms with van der Waals surface area (Å²) < 4.78 is 0.991. The highest BCUT2D eigenvalue weighted by atomic mass is 127. The highest BCUT2D eigenvalue weighted by Crippen LogP contribution is 2.25. The molecule has 1 aromatic heterocycles. The molecule has 0 aliphatic rings. The molecule has 2 rings (SSSR count). The first-order valence-electron chi connectivity index (χ1n) is 5.10. The number of hydrogen-bond acceptors (Lipinski definition) is 3. The zero-order valence-corrected chi connectivity index (χ0v) is 12.9. The molecule has 1 heterocycles. The summed E-state index contributed by atoms with van der Waals surface area (Å²) in [6, 6.07) is 5.63. The maximum Gasteiger partial charge on any atom is 0.0957 e. The Bertz CT molecular complexity index is 529. The van der Waals surface area contributed by atoms with Gasteiger partial charge in [0.05, 0.1) is 16.1 Å². The van der Waals surface area contributed by atoms with Gasteiger partial charge in [0, 0.05) is 21.1 Å². The number of nitrogens with zero attached hydrogens (tertiary/aromatic N) is 1. The summed E-state index contributed by atoms with van der Waals surface area (Å²) in [6.07, 6.45) is -0.00912. The SMILES string of the molecule is Cc1csc(CC(O)c2ccc(I)c(Cl)c2)n1. The van der Waals surface area contributed by atoms with Crippen LogP contribution in [0.25, 0.3) is 0 Å². The van der Waals surface area contributed by atoms with E-state index in [0.717, 1.165) is 19.8 Å². The van der Waals surface area contributed by atoms with Gasteiger partial charge in [-0.1, -0.05) is 17.7 Å². The molecule has 0 amide bonds. The van der Waals surface area contributed by atoms with E-state index in [2.05, 4.69) is 27.6 Å². The Morgan fingerprint density at radius 1 is 1.53 bits per heavy atom. The van der Waals surface area contributed by atoms with Gasteiger partial charge in [-0.2, -0.15) is 0 Å². The van der Waals surface area contributed by atoms with Crippen LogP contribution in [0.15, 0.2) is 23.6 Å². The van der Waals surface area contributed by atoms with Crippen molar-refractivity contribution in [3.05, 3.63) is 48.4 Å². The van der Waals surface area contributed by atoms with Crippen molar-refractivity contribution in [1.29, 1.82) is 0 Å². The van der Waals surface area contributed by atoms with Crippen molar-refractivity contribution >= 4 is 45.5 Å². The minimum Gasteiger partial charge on any atom is -0.388 e. The quantitative estimate of drug-likeness (QED) is 0.818. The van der Waals surface area contributed by atoms with E-state index in [-0.39, 0.29) is 0 Å². The summed E-state index contributed by atoms with van der Waals surface area (Å²) >= 11 is 9.78. The number of aliphatic hydroxyl groups excluding tert-OH is 1. The van der Waals surface area contributed by atoms with Gasteiger partial charge in [0.2, 0.25) is 0 Å². The van der Waals surface area contributed by atoms with Gasteiger partial charge in [-0.05, 0) is 47.2 Å². The average Bonchev–Trinajstić information content (AvgIpc) is 2.68. The summed E-state index contributed by atoms with van der Waals surface area (Å²) in [5.41, 5.74) is 1.83. The van der Waals surface area contributed by atoms with Crippen molar-refractivity contribution in [2.75, 3.05) is 0 Å². The first-order valence-corrected chi connectivity index (χ1v) is 7.44. The smallest absolute Gasteiger partial charge is 0.0957 e. The van der Waals surface area contributed by atoms with Crippen LogP contribution in [0.5, 0.6) is 0 Å². The third kappa shape index (κ3) is 3.40. The van der Waals surface area contributed by atoms with E-state index in [1.165, 1.54) is 0 Å². The number of rotatable bonds is 3. The molecule has 17 heavy (non-hydrogen) atoms. The van der Waals surface area contributed by atoms with E-state index in [9.17, 15) is 5.11 Å². The lowest BCUT2D eigenvalue weighted by Gasteiger charge is -2.10. The van der Waals surface area contributed by atoms with Gasteiger partial charge in [-0.3, -0.25) is 0 Å². The monoisotopic (exact) mass is 379 g/mol. The lowest BCUT2D eigenvalue weighted by molar-refractivity contribution is 0.178. The van der Waals surface area contributed by atoms with Gasteiger partial charge < -0.3 is 5.11 Å².